The minimum Gasteiger partial charge on any atom is -0.490 e. The van der Waals surface area contributed by atoms with E-state index in [1.807, 2.05) is 49.6 Å². The molecule has 0 aliphatic heterocycles. The minimum absolute atomic E-state index is 0.393. The molecule has 1 aromatic carbocycles. The number of halogens is 1. The fourth-order valence-electron chi connectivity index (χ4n) is 3.23. The van der Waals surface area contributed by atoms with E-state index in [0.29, 0.717) is 23.3 Å². The second kappa shape index (κ2) is 9.11. The summed E-state index contributed by atoms with van der Waals surface area (Å²) in [5, 5.41) is 6.62. The van der Waals surface area contributed by atoms with Crippen LogP contribution in [0, 0.1) is 12.8 Å². The van der Waals surface area contributed by atoms with E-state index in [4.69, 9.17) is 22.1 Å². The first kappa shape index (κ1) is 21.6. The Morgan fingerprint density at radius 1 is 1.24 bits per heavy atom. The van der Waals surface area contributed by atoms with Crippen LogP contribution in [0.3, 0.4) is 0 Å². The van der Waals surface area contributed by atoms with Crippen LogP contribution in [-0.4, -0.2) is 22.1 Å². The number of hydrogen-bond acceptors (Lipinski definition) is 6. The molecule has 0 spiro atoms. The Morgan fingerprint density at radius 3 is 2.66 bits per heavy atom. The molecule has 0 aliphatic carbocycles. The first-order valence-corrected chi connectivity index (χ1v) is 10.8. The van der Waals surface area contributed by atoms with Gasteiger partial charge < -0.3 is 15.8 Å². The number of aryl methyl sites for hydroxylation is 1. The highest BCUT2D eigenvalue weighted by Crippen LogP contribution is 2.32. The first-order chi connectivity index (χ1) is 13.7. The summed E-state index contributed by atoms with van der Waals surface area (Å²) in [6.07, 6.45) is 2.65. The summed E-state index contributed by atoms with van der Waals surface area (Å²) in [7, 11) is 0. The lowest BCUT2D eigenvalue weighted by atomic mass is 9.93. The molecule has 0 bridgehead atoms. The van der Waals surface area contributed by atoms with Crippen LogP contribution >= 0.6 is 22.9 Å². The van der Waals surface area contributed by atoms with Crippen molar-refractivity contribution in [1.82, 2.24) is 9.97 Å². The Hall–Kier alpha value is -2.15. The standard InChI is InChI=1S/C22H27ClN4OS/c1-14(2)11-22(4,24)13-28-19-6-5-16(9-18(19)23)17-7-8-25-20(10-17)27-21-26-15(3)12-29-21/h5-10,12,14H,11,13,24H2,1-4H3,(H,25,26,27)/t22-/m0/s1. The maximum Gasteiger partial charge on any atom is 0.188 e. The maximum atomic E-state index is 6.48. The van der Waals surface area contributed by atoms with Crippen molar-refractivity contribution in [3.63, 3.8) is 0 Å². The molecule has 0 radical (unpaired) electrons. The van der Waals surface area contributed by atoms with Crippen molar-refractivity contribution in [3.05, 3.63) is 52.6 Å². The summed E-state index contributed by atoms with van der Waals surface area (Å²) in [6, 6.07) is 9.71. The predicted molar refractivity (Wildman–Crippen MR) is 122 cm³/mol. The predicted octanol–water partition coefficient (Wildman–Crippen LogP) is 6.05. The zero-order chi connectivity index (χ0) is 21.0. The summed E-state index contributed by atoms with van der Waals surface area (Å²) in [6.45, 7) is 8.69. The maximum absolute atomic E-state index is 6.48. The van der Waals surface area contributed by atoms with E-state index in [1.165, 1.54) is 0 Å². The highest BCUT2D eigenvalue weighted by Gasteiger charge is 2.21. The van der Waals surface area contributed by atoms with Gasteiger partial charge in [-0.1, -0.05) is 31.5 Å². The average molecular weight is 431 g/mol. The van der Waals surface area contributed by atoms with Crippen molar-refractivity contribution in [3.8, 4) is 16.9 Å². The summed E-state index contributed by atoms with van der Waals surface area (Å²) in [4.78, 5) is 8.79. The monoisotopic (exact) mass is 430 g/mol. The lowest BCUT2D eigenvalue weighted by Crippen LogP contribution is -2.43. The van der Waals surface area contributed by atoms with Crippen LogP contribution in [0.25, 0.3) is 11.1 Å². The molecule has 3 rings (SSSR count). The Balaban J connectivity index is 1.72. The van der Waals surface area contributed by atoms with Crippen molar-refractivity contribution in [2.45, 2.75) is 39.7 Å². The van der Waals surface area contributed by atoms with Gasteiger partial charge in [0.2, 0.25) is 0 Å². The van der Waals surface area contributed by atoms with Crippen molar-refractivity contribution in [1.29, 1.82) is 0 Å². The Labute approximate surface area is 181 Å². The number of thiazole rings is 1. The number of anilines is 2. The fraction of sp³-hybridized carbons (Fsp3) is 0.364. The van der Waals surface area contributed by atoms with Gasteiger partial charge in [-0.25, -0.2) is 9.97 Å². The molecule has 3 N–H and O–H groups in total. The number of rotatable bonds is 8. The number of hydrogen-bond donors (Lipinski definition) is 2. The molecule has 0 saturated heterocycles. The van der Waals surface area contributed by atoms with Crippen LogP contribution in [0.15, 0.2) is 41.9 Å². The van der Waals surface area contributed by atoms with Gasteiger partial charge in [0, 0.05) is 17.1 Å². The molecule has 0 fully saturated rings. The van der Waals surface area contributed by atoms with Gasteiger partial charge in [0.1, 0.15) is 18.2 Å². The number of benzene rings is 1. The van der Waals surface area contributed by atoms with Crippen LogP contribution in [0.4, 0.5) is 10.9 Å². The number of nitrogens with zero attached hydrogens (tertiary/aromatic N) is 2. The van der Waals surface area contributed by atoms with Gasteiger partial charge >= 0.3 is 0 Å². The summed E-state index contributed by atoms with van der Waals surface area (Å²) < 4.78 is 5.91. The van der Waals surface area contributed by atoms with Crippen LogP contribution in [-0.2, 0) is 0 Å². The molecule has 3 aromatic rings. The number of aromatic nitrogens is 2. The minimum atomic E-state index is -0.393. The molecule has 0 amide bonds. The SMILES string of the molecule is Cc1csc(Nc2cc(-c3ccc(OC[C@@](C)(N)CC(C)C)c(Cl)c3)ccn2)n1. The van der Waals surface area contributed by atoms with Gasteiger partial charge in [0.15, 0.2) is 5.13 Å². The van der Waals surface area contributed by atoms with E-state index >= 15 is 0 Å². The van der Waals surface area contributed by atoms with Gasteiger partial charge in [0.25, 0.3) is 0 Å². The highest BCUT2D eigenvalue weighted by molar-refractivity contribution is 7.13. The quantitative estimate of drug-likeness (QED) is 0.454. The molecule has 2 heterocycles. The van der Waals surface area contributed by atoms with Crippen LogP contribution in [0.2, 0.25) is 5.02 Å². The average Bonchev–Trinajstić information content (AvgIpc) is 3.04. The Morgan fingerprint density at radius 2 is 2.00 bits per heavy atom. The molecule has 0 saturated carbocycles. The van der Waals surface area contributed by atoms with Gasteiger partial charge in [-0.15, -0.1) is 11.3 Å². The third kappa shape index (κ3) is 6.16. The lowest BCUT2D eigenvalue weighted by molar-refractivity contribution is 0.207. The molecule has 2 aromatic heterocycles. The number of nitrogens with two attached hydrogens (primary N) is 1. The fourth-order valence-corrected chi connectivity index (χ4v) is 4.16. The molecular formula is C22H27ClN4OS. The van der Waals surface area contributed by atoms with E-state index in [9.17, 15) is 0 Å². The summed E-state index contributed by atoms with van der Waals surface area (Å²) >= 11 is 8.03. The van der Waals surface area contributed by atoms with Gasteiger partial charge in [-0.3, -0.25) is 0 Å². The second-order valence-corrected chi connectivity index (χ2v) is 9.30. The van der Waals surface area contributed by atoms with E-state index in [1.54, 1.807) is 17.5 Å². The first-order valence-electron chi connectivity index (χ1n) is 9.59. The molecule has 0 unspecified atom stereocenters. The van der Waals surface area contributed by atoms with Crippen LogP contribution in [0.1, 0.15) is 32.9 Å². The largest absolute Gasteiger partial charge is 0.490 e. The molecule has 154 valence electrons. The smallest absolute Gasteiger partial charge is 0.188 e. The number of ether oxygens (including phenoxy) is 1. The van der Waals surface area contributed by atoms with Gasteiger partial charge in [-0.05, 0) is 61.6 Å². The lowest BCUT2D eigenvalue weighted by Gasteiger charge is -2.26. The van der Waals surface area contributed by atoms with Crippen molar-refractivity contribution >= 4 is 33.9 Å². The van der Waals surface area contributed by atoms with Crippen molar-refractivity contribution in [2.75, 3.05) is 11.9 Å². The topological polar surface area (TPSA) is 73.1 Å². The molecule has 7 heteroatoms. The number of nitrogens with one attached hydrogen (secondary N) is 1. The van der Waals surface area contributed by atoms with Gasteiger partial charge in [-0.2, -0.15) is 0 Å². The second-order valence-electron chi connectivity index (χ2n) is 8.03. The summed E-state index contributed by atoms with van der Waals surface area (Å²) in [5.41, 5.74) is 8.92. The van der Waals surface area contributed by atoms with Crippen molar-refractivity contribution in [2.24, 2.45) is 11.7 Å². The van der Waals surface area contributed by atoms with E-state index in [-0.39, 0.29) is 0 Å². The van der Waals surface area contributed by atoms with E-state index < -0.39 is 5.54 Å². The molecule has 0 aliphatic rings. The zero-order valence-corrected chi connectivity index (χ0v) is 18.8. The third-order valence-corrected chi connectivity index (χ3v) is 5.48. The van der Waals surface area contributed by atoms with E-state index in [2.05, 4.69) is 29.1 Å². The molecule has 1 atom stereocenters. The Bertz CT molecular complexity index is 971. The zero-order valence-electron chi connectivity index (χ0n) is 17.2. The van der Waals surface area contributed by atoms with Gasteiger partial charge in [0.05, 0.1) is 10.7 Å². The number of pyridine rings is 1. The van der Waals surface area contributed by atoms with Crippen LogP contribution in [0.5, 0.6) is 5.75 Å². The highest BCUT2D eigenvalue weighted by atomic mass is 35.5. The molecule has 5 nitrogen and oxygen atoms in total. The van der Waals surface area contributed by atoms with Crippen molar-refractivity contribution < 1.29 is 4.74 Å². The summed E-state index contributed by atoms with van der Waals surface area (Å²) in [5.74, 6) is 1.89. The third-order valence-electron chi connectivity index (χ3n) is 4.31. The Kier molecular flexibility index (Phi) is 6.77. The normalized spacial score (nSPS) is 13.3. The molecule has 29 heavy (non-hydrogen) atoms. The molecular weight excluding hydrogens is 404 g/mol. The van der Waals surface area contributed by atoms with Crippen LogP contribution < -0.4 is 15.8 Å². The van der Waals surface area contributed by atoms with E-state index in [0.717, 1.165) is 34.2 Å².